The molecule has 2 fully saturated rings. The van der Waals surface area contributed by atoms with Gasteiger partial charge in [-0.1, -0.05) is 50.0 Å². The molecule has 1 aliphatic heterocycles. The first kappa shape index (κ1) is 16.3. The quantitative estimate of drug-likeness (QED) is 0.824. The van der Waals surface area contributed by atoms with Crippen molar-refractivity contribution < 1.29 is 5.11 Å². The fraction of sp³-hybridized carbons (Fsp3) is 0.800. The molecule has 3 rings (SSSR count). The van der Waals surface area contributed by atoms with Crippen molar-refractivity contribution in [2.24, 2.45) is 17.3 Å². The van der Waals surface area contributed by atoms with E-state index in [0.717, 1.165) is 5.92 Å². The first-order chi connectivity index (χ1) is 10.8. The van der Waals surface area contributed by atoms with E-state index in [1.54, 1.807) is 0 Å². The van der Waals surface area contributed by atoms with Crippen LogP contribution in [0.4, 0.5) is 0 Å². The first-order valence-corrected chi connectivity index (χ1v) is 9.54. The van der Waals surface area contributed by atoms with Gasteiger partial charge in [-0.3, -0.25) is 0 Å². The first-order valence-electron chi connectivity index (χ1n) is 9.54. The maximum atomic E-state index is 10.00. The molecule has 1 heterocycles. The minimum Gasteiger partial charge on any atom is -0.396 e. The van der Waals surface area contributed by atoms with Gasteiger partial charge in [0.1, 0.15) is 0 Å². The van der Waals surface area contributed by atoms with Crippen LogP contribution in [-0.2, 0) is 0 Å². The maximum absolute atomic E-state index is 10.00. The second-order valence-corrected chi connectivity index (χ2v) is 7.63. The van der Waals surface area contributed by atoms with Crippen molar-refractivity contribution in [1.29, 1.82) is 0 Å². The number of rotatable bonds is 5. The van der Waals surface area contributed by atoms with E-state index >= 15 is 0 Å². The third-order valence-corrected chi connectivity index (χ3v) is 6.42. The molecule has 0 aromatic rings. The van der Waals surface area contributed by atoms with Gasteiger partial charge in [0.15, 0.2) is 0 Å². The van der Waals surface area contributed by atoms with Crippen molar-refractivity contribution in [3.8, 4) is 0 Å². The van der Waals surface area contributed by atoms with Crippen LogP contribution in [0.5, 0.6) is 0 Å². The second kappa shape index (κ2) is 7.79. The van der Waals surface area contributed by atoms with Crippen LogP contribution in [0.25, 0.3) is 0 Å². The molecular weight excluding hydrogens is 270 g/mol. The summed E-state index contributed by atoms with van der Waals surface area (Å²) >= 11 is 0. The number of nitrogens with zero attached hydrogens (tertiary/aromatic N) is 1. The van der Waals surface area contributed by atoms with Gasteiger partial charge in [-0.2, -0.15) is 0 Å². The average Bonchev–Trinajstić information content (AvgIpc) is 2.62. The third-order valence-electron chi connectivity index (χ3n) is 6.42. The van der Waals surface area contributed by atoms with E-state index in [4.69, 9.17) is 0 Å². The molecule has 2 unspecified atom stereocenters. The van der Waals surface area contributed by atoms with E-state index in [1.165, 1.54) is 77.4 Å². The Balaban J connectivity index is 1.72. The highest BCUT2D eigenvalue weighted by molar-refractivity contribution is 5.22. The zero-order chi connectivity index (χ0) is 15.3. The smallest absolute Gasteiger partial charge is 0.0502 e. The Labute approximate surface area is 136 Å². The summed E-state index contributed by atoms with van der Waals surface area (Å²) in [6.45, 7) is 4.08. The molecule has 0 aromatic heterocycles. The fourth-order valence-corrected chi connectivity index (χ4v) is 5.05. The molecule has 1 saturated carbocycles. The molecule has 0 bridgehead atoms. The summed E-state index contributed by atoms with van der Waals surface area (Å²) in [7, 11) is 0. The standard InChI is InChI=1S/C20H33NO/c22-17-19-11-5-6-12-20(19,18-9-3-1-4-10-18)13-16-21-14-7-2-8-15-21/h5-6,11-12,18-19,22H,1-4,7-10,13-17H2. The highest BCUT2D eigenvalue weighted by Crippen LogP contribution is 2.49. The molecule has 3 aliphatic rings. The molecule has 2 nitrogen and oxygen atoms in total. The van der Waals surface area contributed by atoms with Crippen LogP contribution in [0.1, 0.15) is 57.8 Å². The van der Waals surface area contributed by atoms with Crippen molar-refractivity contribution in [3.05, 3.63) is 24.3 Å². The summed E-state index contributed by atoms with van der Waals surface area (Å²) < 4.78 is 0. The molecule has 2 atom stereocenters. The maximum Gasteiger partial charge on any atom is 0.0502 e. The summed E-state index contributed by atoms with van der Waals surface area (Å²) in [5.74, 6) is 1.09. The van der Waals surface area contributed by atoms with Crippen LogP contribution in [0.3, 0.4) is 0 Å². The van der Waals surface area contributed by atoms with Crippen LogP contribution >= 0.6 is 0 Å². The number of aliphatic hydroxyl groups excluding tert-OH is 1. The van der Waals surface area contributed by atoms with E-state index in [0.29, 0.717) is 12.5 Å². The molecule has 124 valence electrons. The monoisotopic (exact) mass is 303 g/mol. The second-order valence-electron chi connectivity index (χ2n) is 7.63. The van der Waals surface area contributed by atoms with E-state index in [1.807, 2.05) is 0 Å². The lowest BCUT2D eigenvalue weighted by Crippen LogP contribution is -2.43. The Hall–Kier alpha value is -0.600. The number of hydrogen-bond donors (Lipinski definition) is 1. The van der Waals surface area contributed by atoms with Gasteiger partial charge in [-0.25, -0.2) is 0 Å². The summed E-state index contributed by atoms with van der Waals surface area (Å²) in [6.07, 6.45) is 21.4. The Morgan fingerprint density at radius 1 is 0.955 bits per heavy atom. The molecule has 0 spiro atoms. The van der Waals surface area contributed by atoms with Gasteiger partial charge in [0.25, 0.3) is 0 Å². The van der Waals surface area contributed by atoms with Gasteiger partial charge in [-0.15, -0.1) is 0 Å². The molecule has 1 saturated heterocycles. The Morgan fingerprint density at radius 3 is 2.41 bits per heavy atom. The zero-order valence-corrected chi connectivity index (χ0v) is 14.1. The van der Waals surface area contributed by atoms with Gasteiger partial charge in [0.2, 0.25) is 0 Å². The molecule has 22 heavy (non-hydrogen) atoms. The van der Waals surface area contributed by atoms with Crippen LogP contribution < -0.4 is 0 Å². The highest BCUT2D eigenvalue weighted by atomic mass is 16.3. The Morgan fingerprint density at radius 2 is 1.68 bits per heavy atom. The SMILES string of the molecule is OCC1C=CC=CC1(CCN1CCCCC1)C1CCCCC1. The topological polar surface area (TPSA) is 23.5 Å². The zero-order valence-electron chi connectivity index (χ0n) is 14.1. The minimum atomic E-state index is 0.210. The summed E-state index contributed by atoms with van der Waals surface area (Å²) in [6, 6.07) is 0. The lowest BCUT2D eigenvalue weighted by atomic mass is 9.59. The van der Waals surface area contributed by atoms with E-state index in [9.17, 15) is 5.11 Å². The predicted molar refractivity (Wildman–Crippen MR) is 92.8 cm³/mol. The summed E-state index contributed by atoms with van der Waals surface area (Å²) in [5, 5.41) is 10.00. The lowest BCUT2D eigenvalue weighted by Gasteiger charge is -2.47. The molecule has 2 heteroatoms. The summed E-state index contributed by atoms with van der Waals surface area (Å²) in [5.41, 5.74) is 0.210. The molecule has 0 radical (unpaired) electrons. The van der Waals surface area contributed by atoms with Crippen molar-refractivity contribution in [1.82, 2.24) is 4.90 Å². The van der Waals surface area contributed by atoms with E-state index in [-0.39, 0.29) is 5.41 Å². The van der Waals surface area contributed by atoms with Crippen molar-refractivity contribution in [3.63, 3.8) is 0 Å². The largest absolute Gasteiger partial charge is 0.396 e. The molecule has 1 N–H and O–H groups in total. The van der Waals surface area contributed by atoms with Gasteiger partial charge >= 0.3 is 0 Å². The van der Waals surface area contributed by atoms with Crippen molar-refractivity contribution >= 4 is 0 Å². The normalized spacial score (nSPS) is 34.1. The van der Waals surface area contributed by atoms with Gasteiger partial charge in [-0.05, 0) is 57.7 Å². The number of hydrogen-bond acceptors (Lipinski definition) is 2. The molecule has 0 aromatic carbocycles. The van der Waals surface area contributed by atoms with Crippen molar-refractivity contribution in [2.75, 3.05) is 26.2 Å². The van der Waals surface area contributed by atoms with E-state index in [2.05, 4.69) is 29.2 Å². The van der Waals surface area contributed by atoms with Crippen LogP contribution in [0, 0.1) is 17.3 Å². The molecule has 2 aliphatic carbocycles. The third kappa shape index (κ3) is 3.49. The van der Waals surface area contributed by atoms with Crippen LogP contribution in [0.2, 0.25) is 0 Å². The molecule has 0 amide bonds. The minimum absolute atomic E-state index is 0.210. The summed E-state index contributed by atoms with van der Waals surface area (Å²) in [4.78, 5) is 2.66. The number of piperidine rings is 1. The van der Waals surface area contributed by atoms with Gasteiger partial charge in [0.05, 0.1) is 6.61 Å². The average molecular weight is 303 g/mol. The Bertz CT molecular complexity index is 391. The number of likely N-dealkylation sites (tertiary alicyclic amines) is 1. The van der Waals surface area contributed by atoms with Crippen molar-refractivity contribution in [2.45, 2.75) is 57.8 Å². The van der Waals surface area contributed by atoms with Gasteiger partial charge in [0, 0.05) is 11.3 Å². The Kier molecular flexibility index (Phi) is 5.76. The van der Waals surface area contributed by atoms with Gasteiger partial charge < -0.3 is 10.0 Å². The van der Waals surface area contributed by atoms with E-state index < -0.39 is 0 Å². The lowest BCUT2D eigenvalue weighted by molar-refractivity contribution is 0.0548. The van der Waals surface area contributed by atoms with Crippen LogP contribution in [0.15, 0.2) is 24.3 Å². The predicted octanol–water partition coefficient (Wildman–Crippen LogP) is 4.16. The molecular formula is C20H33NO. The van der Waals surface area contributed by atoms with Crippen LogP contribution in [-0.4, -0.2) is 36.2 Å². The fourth-order valence-electron chi connectivity index (χ4n) is 5.05. The highest BCUT2D eigenvalue weighted by Gasteiger charge is 2.43. The number of allylic oxidation sites excluding steroid dienone is 3. The number of aliphatic hydroxyl groups is 1.